The fourth-order valence-corrected chi connectivity index (χ4v) is 2.42. The van der Waals surface area contributed by atoms with E-state index in [4.69, 9.17) is 0 Å². The van der Waals surface area contributed by atoms with Gasteiger partial charge in [-0.15, -0.1) is 0 Å². The van der Waals surface area contributed by atoms with Gasteiger partial charge in [0.2, 0.25) is 5.91 Å². The van der Waals surface area contributed by atoms with Crippen LogP contribution in [-0.4, -0.2) is 23.2 Å². The van der Waals surface area contributed by atoms with Crippen LogP contribution in [0.15, 0.2) is 30.3 Å². The Morgan fingerprint density at radius 3 is 2.80 bits per heavy atom. The van der Waals surface area contributed by atoms with Gasteiger partial charge >= 0.3 is 0 Å². The minimum absolute atomic E-state index is 0.0287. The molecule has 0 heterocycles. The number of rotatable bonds is 4. The van der Waals surface area contributed by atoms with Crippen LogP contribution in [0.2, 0.25) is 0 Å². The van der Waals surface area contributed by atoms with E-state index in [1.54, 1.807) is 24.3 Å². The van der Waals surface area contributed by atoms with Gasteiger partial charge in [-0.05, 0) is 43.4 Å². The number of carbonyl (C=O) groups is 1. The van der Waals surface area contributed by atoms with E-state index in [1.165, 1.54) is 12.1 Å². The van der Waals surface area contributed by atoms with Gasteiger partial charge in [0, 0.05) is 12.5 Å². The van der Waals surface area contributed by atoms with Gasteiger partial charge in [0.25, 0.3) is 0 Å². The van der Waals surface area contributed by atoms with Crippen molar-refractivity contribution in [3.8, 4) is 0 Å². The number of amides is 1. The Morgan fingerprint density at radius 2 is 2.10 bits per heavy atom. The third-order valence-corrected chi connectivity index (χ3v) is 3.52. The summed E-state index contributed by atoms with van der Waals surface area (Å²) in [6.07, 6.45) is 6.73. The molecule has 20 heavy (non-hydrogen) atoms. The maximum absolute atomic E-state index is 13.0. The molecule has 3 nitrogen and oxygen atoms in total. The molecule has 1 fully saturated rings. The molecule has 0 aliphatic heterocycles. The molecule has 0 spiro atoms. The van der Waals surface area contributed by atoms with Crippen LogP contribution in [0, 0.1) is 5.82 Å². The molecular weight excluding hydrogens is 257 g/mol. The van der Waals surface area contributed by atoms with Crippen molar-refractivity contribution >= 4 is 12.0 Å². The van der Waals surface area contributed by atoms with Gasteiger partial charge in [-0.1, -0.05) is 24.3 Å². The third-order valence-electron chi connectivity index (χ3n) is 3.52. The van der Waals surface area contributed by atoms with Gasteiger partial charge in [0.05, 0.1) is 6.10 Å². The SMILES string of the molecule is O=C(CC=Cc1cccc(F)c1)NC1CCC(O)CC1. The van der Waals surface area contributed by atoms with E-state index in [2.05, 4.69) is 5.32 Å². The Balaban J connectivity index is 1.75. The van der Waals surface area contributed by atoms with E-state index in [9.17, 15) is 14.3 Å². The summed E-state index contributed by atoms with van der Waals surface area (Å²) in [5.74, 6) is -0.309. The summed E-state index contributed by atoms with van der Waals surface area (Å²) >= 11 is 0. The van der Waals surface area contributed by atoms with Crippen molar-refractivity contribution in [2.75, 3.05) is 0 Å². The van der Waals surface area contributed by atoms with Gasteiger partial charge < -0.3 is 10.4 Å². The van der Waals surface area contributed by atoms with E-state index in [-0.39, 0.29) is 30.3 Å². The van der Waals surface area contributed by atoms with Crippen molar-refractivity contribution in [2.24, 2.45) is 0 Å². The summed E-state index contributed by atoms with van der Waals surface area (Å²) in [5.41, 5.74) is 0.749. The number of halogens is 1. The zero-order valence-electron chi connectivity index (χ0n) is 11.4. The van der Waals surface area contributed by atoms with Crippen molar-refractivity contribution < 1.29 is 14.3 Å². The molecule has 2 rings (SSSR count). The average molecular weight is 277 g/mol. The Labute approximate surface area is 118 Å². The van der Waals surface area contributed by atoms with Gasteiger partial charge in [-0.25, -0.2) is 4.39 Å². The molecular formula is C16H20FNO2. The third kappa shape index (κ3) is 4.78. The first-order valence-electron chi connectivity index (χ1n) is 7.03. The molecule has 0 aromatic heterocycles. The summed E-state index contributed by atoms with van der Waals surface area (Å²) in [6, 6.07) is 6.43. The number of hydrogen-bond acceptors (Lipinski definition) is 2. The van der Waals surface area contributed by atoms with E-state index in [0.29, 0.717) is 0 Å². The lowest BCUT2D eigenvalue weighted by molar-refractivity contribution is -0.121. The van der Waals surface area contributed by atoms with Gasteiger partial charge in [0.1, 0.15) is 5.82 Å². The fraction of sp³-hybridized carbons (Fsp3) is 0.438. The zero-order valence-corrected chi connectivity index (χ0v) is 11.4. The maximum atomic E-state index is 13.0. The molecule has 1 saturated carbocycles. The minimum atomic E-state index is -0.280. The molecule has 2 N–H and O–H groups in total. The van der Waals surface area contributed by atoms with Crippen molar-refractivity contribution in [1.82, 2.24) is 5.32 Å². The Bertz CT molecular complexity index is 479. The van der Waals surface area contributed by atoms with Crippen LogP contribution in [0.3, 0.4) is 0 Å². The molecule has 0 bridgehead atoms. The molecule has 108 valence electrons. The monoisotopic (exact) mass is 277 g/mol. The van der Waals surface area contributed by atoms with Crippen LogP contribution in [0.5, 0.6) is 0 Å². The summed E-state index contributed by atoms with van der Waals surface area (Å²) < 4.78 is 13.0. The van der Waals surface area contributed by atoms with Crippen LogP contribution < -0.4 is 5.32 Å². The summed E-state index contributed by atoms with van der Waals surface area (Å²) in [7, 11) is 0. The molecule has 0 radical (unpaired) electrons. The molecule has 4 heteroatoms. The van der Waals surface area contributed by atoms with E-state index < -0.39 is 0 Å². The largest absolute Gasteiger partial charge is 0.393 e. The number of aliphatic hydroxyl groups excluding tert-OH is 1. The van der Waals surface area contributed by atoms with Crippen molar-refractivity contribution in [3.63, 3.8) is 0 Å². The van der Waals surface area contributed by atoms with E-state index >= 15 is 0 Å². The summed E-state index contributed by atoms with van der Waals surface area (Å²) in [5, 5.41) is 12.4. The fourth-order valence-electron chi connectivity index (χ4n) is 2.42. The summed E-state index contributed by atoms with van der Waals surface area (Å²) in [6.45, 7) is 0. The second-order valence-electron chi connectivity index (χ2n) is 5.23. The van der Waals surface area contributed by atoms with Crippen LogP contribution in [-0.2, 0) is 4.79 Å². The van der Waals surface area contributed by atoms with Crippen molar-refractivity contribution in [3.05, 3.63) is 41.7 Å². The van der Waals surface area contributed by atoms with Crippen LogP contribution in [0.4, 0.5) is 4.39 Å². The van der Waals surface area contributed by atoms with E-state index in [1.807, 2.05) is 0 Å². The number of nitrogens with one attached hydrogen (secondary N) is 1. The maximum Gasteiger partial charge on any atom is 0.224 e. The smallest absolute Gasteiger partial charge is 0.224 e. The highest BCUT2D eigenvalue weighted by atomic mass is 19.1. The quantitative estimate of drug-likeness (QED) is 0.889. The highest BCUT2D eigenvalue weighted by Gasteiger charge is 2.20. The summed E-state index contributed by atoms with van der Waals surface area (Å²) in [4.78, 5) is 11.8. The predicted molar refractivity (Wildman–Crippen MR) is 76.5 cm³/mol. The van der Waals surface area contributed by atoms with Crippen LogP contribution in [0.25, 0.3) is 6.08 Å². The number of hydrogen-bond donors (Lipinski definition) is 2. The predicted octanol–water partition coefficient (Wildman–Crippen LogP) is 2.65. The zero-order chi connectivity index (χ0) is 14.4. The highest BCUT2D eigenvalue weighted by Crippen LogP contribution is 2.18. The molecule has 1 aliphatic rings. The number of benzene rings is 1. The molecule has 0 saturated heterocycles. The lowest BCUT2D eigenvalue weighted by Crippen LogP contribution is -2.38. The van der Waals surface area contributed by atoms with Gasteiger partial charge in [-0.2, -0.15) is 0 Å². The van der Waals surface area contributed by atoms with E-state index in [0.717, 1.165) is 31.2 Å². The van der Waals surface area contributed by atoms with Gasteiger partial charge in [-0.3, -0.25) is 4.79 Å². The second kappa shape index (κ2) is 7.20. The molecule has 1 amide bonds. The first kappa shape index (κ1) is 14.7. The normalized spacial score (nSPS) is 22.9. The Hall–Kier alpha value is -1.68. The minimum Gasteiger partial charge on any atom is -0.393 e. The molecule has 1 aliphatic carbocycles. The average Bonchev–Trinajstić information content (AvgIpc) is 2.41. The highest BCUT2D eigenvalue weighted by molar-refractivity contribution is 5.78. The second-order valence-corrected chi connectivity index (χ2v) is 5.23. The lowest BCUT2D eigenvalue weighted by atomic mass is 9.93. The standard InChI is InChI=1S/C16H20FNO2/c17-13-5-1-3-12(11-13)4-2-6-16(20)18-14-7-9-15(19)10-8-14/h1-5,11,14-15,19H,6-10H2,(H,18,20). The van der Waals surface area contributed by atoms with Crippen LogP contribution >= 0.6 is 0 Å². The first-order valence-corrected chi connectivity index (χ1v) is 7.03. The molecule has 0 unspecified atom stereocenters. The lowest BCUT2D eigenvalue weighted by Gasteiger charge is -2.25. The molecule has 0 atom stereocenters. The first-order chi connectivity index (χ1) is 9.63. The number of carbonyl (C=O) groups excluding carboxylic acids is 1. The molecule has 1 aromatic rings. The number of aliphatic hydroxyl groups is 1. The van der Waals surface area contributed by atoms with Gasteiger partial charge in [0.15, 0.2) is 0 Å². The molecule has 1 aromatic carbocycles. The van der Waals surface area contributed by atoms with Crippen molar-refractivity contribution in [2.45, 2.75) is 44.2 Å². The Kier molecular flexibility index (Phi) is 5.30. The van der Waals surface area contributed by atoms with Crippen molar-refractivity contribution in [1.29, 1.82) is 0 Å². The topological polar surface area (TPSA) is 49.3 Å². The Morgan fingerprint density at radius 1 is 1.35 bits per heavy atom. The van der Waals surface area contributed by atoms with Crippen LogP contribution in [0.1, 0.15) is 37.7 Å².